The van der Waals surface area contributed by atoms with Crippen LogP contribution in [0.25, 0.3) is 4.91 Å². The van der Waals surface area contributed by atoms with Crippen LogP contribution in [-0.4, -0.2) is 48.0 Å². The third-order valence-electron chi connectivity index (χ3n) is 3.50. The summed E-state index contributed by atoms with van der Waals surface area (Å²) in [5, 5.41) is 7.12. The summed E-state index contributed by atoms with van der Waals surface area (Å²) in [6.07, 6.45) is -3.16. The van der Waals surface area contributed by atoms with Gasteiger partial charge in [-0.15, -0.1) is 0 Å². The molecule has 0 aromatic heterocycles. The molecular weight excluding hydrogens is 401 g/mol. The normalized spacial score (nSPS) is 16.3. The van der Waals surface area contributed by atoms with Crippen molar-refractivity contribution in [1.29, 1.82) is 0 Å². The van der Waals surface area contributed by atoms with Crippen molar-refractivity contribution < 1.29 is 36.3 Å². The Morgan fingerprint density at radius 3 is 1.93 bits per heavy atom. The van der Waals surface area contributed by atoms with Crippen molar-refractivity contribution >= 4 is 26.8 Å². The number of carbonyl (C=O) groups excluding carboxylic acids is 1. The minimum atomic E-state index is -5.08. The van der Waals surface area contributed by atoms with E-state index in [1.165, 1.54) is 6.08 Å². The first-order chi connectivity index (χ1) is 12.6. The maximum Gasteiger partial charge on any atom is 0.490 e. The Balaban J connectivity index is 0.000000480. The molecule has 0 saturated heterocycles. The molecule has 0 aliphatic carbocycles. The van der Waals surface area contributed by atoms with Crippen LogP contribution in [-0.2, 0) is 26.0 Å². The van der Waals surface area contributed by atoms with E-state index in [9.17, 15) is 26.4 Å². The van der Waals surface area contributed by atoms with Gasteiger partial charge in [-0.05, 0) is 44.9 Å². The lowest BCUT2D eigenvalue weighted by Crippen LogP contribution is -2.45. The number of hydrogen-bond acceptors (Lipinski definition) is 5. The van der Waals surface area contributed by atoms with Crippen molar-refractivity contribution in [3.05, 3.63) is 41.5 Å². The number of benzene rings is 1. The lowest BCUT2D eigenvalue weighted by Gasteiger charge is -2.30. The molecule has 0 saturated carbocycles. The van der Waals surface area contributed by atoms with Gasteiger partial charge in [0.05, 0.1) is 5.54 Å². The number of sulfonamides is 1. The molecule has 156 valence electrons. The van der Waals surface area contributed by atoms with Crippen molar-refractivity contribution in [1.82, 2.24) is 4.31 Å². The van der Waals surface area contributed by atoms with Gasteiger partial charge in [-0.25, -0.2) is 17.5 Å². The fraction of sp³-hybridized carbons (Fsp3) is 0.412. The maximum absolute atomic E-state index is 12.6. The highest BCUT2D eigenvalue weighted by Crippen LogP contribution is 2.35. The van der Waals surface area contributed by atoms with Crippen LogP contribution in [0.5, 0.6) is 0 Å². The molecule has 1 aliphatic heterocycles. The van der Waals surface area contributed by atoms with Gasteiger partial charge in [0.15, 0.2) is 0 Å². The zero-order chi connectivity index (χ0) is 21.9. The Kier molecular flexibility index (Phi) is 7.02. The summed E-state index contributed by atoms with van der Waals surface area (Å²) in [5.41, 5.74) is 6.27. The molecule has 2 rings (SSSR count). The molecule has 3 N–H and O–H groups in total. The monoisotopic (exact) mass is 422 g/mol. The zero-order valence-electron chi connectivity index (χ0n) is 15.4. The molecule has 1 heterocycles. The van der Waals surface area contributed by atoms with E-state index in [1.807, 2.05) is 12.1 Å². The highest BCUT2D eigenvalue weighted by molar-refractivity contribution is 7.99. The molecule has 0 atom stereocenters. The molecule has 1 aromatic carbocycles. The third kappa shape index (κ3) is 5.55. The van der Waals surface area contributed by atoms with Crippen LogP contribution in [0.15, 0.2) is 30.3 Å². The van der Waals surface area contributed by atoms with E-state index in [0.717, 1.165) is 16.3 Å². The summed E-state index contributed by atoms with van der Waals surface area (Å²) in [5.74, 6) is -3.25. The number of alkyl halides is 3. The third-order valence-corrected chi connectivity index (χ3v) is 5.61. The number of aliphatic carboxylic acids is 1. The Labute approximate surface area is 160 Å². The number of halogens is 3. The van der Waals surface area contributed by atoms with E-state index in [1.54, 1.807) is 32.9 Å². The quantitative estimate of drug-likeness (QED) is 0.771. The second-order valence-electron chi connectivity index (χ2n) is 6.83. The average Bonchev–Trinajstić information content (AvgIpc) is 2.77. The minimum absolute atomic E-state index is 0.0572. The summed E-state index contributed by atoms with van der Waals surface area (Å²) in [6.45, 7) is 5.63. The van der Waals surface area contributed by atoms with Gasteiger partial charge in [0.25, 0.3) is 15.9 Å². The van der Waals surface area contributed by atoms with Gasteiger partial charge < -0.3 is 10.8 Å². The van der Waals surface area contributed by atoms with E-state index in [4.69, 9.17) is 15.6 Å². The van der Waals surface area contributed by atoms with E-state index >= 15 is 0 Å². The highest BCUT2D eigenvalue weighted by atomic mass is 32.2. The second-order valence-corrected chi connectivity index (χ2v) is 8.58. The number of hydrogen-bond donors (Lipinski definition) is 2. The van der Waals surface area contributed by atoms with E-state index in [-0.39, 0.29) is 4.91 Å². The van der Waals surface area contributed by atoms with Gasteiger partial charge in [-0.1, -0.05) is 24.3 Å². The van der Waals surface area contributed by atoms with Crippen LogP contribution < -0.4 is 5.73 Å². The van der Waals surface area contributed by atoms with Gasteiger partial charge in [-0.3, -0.25) is 4.79 Å². The predicted molar refractivity (Wildman–Crippen MR) is 96.4 cm³/mol. The first-order valence-corrected chi connectivity index (χ1v) is 9.47. The molecule has 1 aromatic rings. The number of amides is 1. The van der Waals surface area contributed by atoms with Crippen LogP contribution in [0.4, 0.5) is 13.2 Å². The van der Waals surface area contributed by atoms with E-state index in [0.29, 0.717) is 12.1 Å². The average molecular weight is 422 g/mol. The molecule has 0 radical (unpaired) electrons. The largest absolute Gasteiger partial charge is 0.490 e. The fourth-order valence-electron chi connectivity index (χ4n) is 2.39. The number of carboxylic acids is 1. The molecule has 28 heavy (non-hydrogen) atoms. The van der Waals surface area contributed by atoms with E-state index in [2.05, 4.69) is 0 Å². The van der Waals surface area contributed by atoms with Gasteiger partial charge in [0.2, 0.25) is 0 Å². The van der Waals surface area contributed by atoms with Gasteiger partial charge in [0, 0.05) is 6.08 Å². The minimum Gasteiger partial charge on any atom is -0.475 e. The topological polar surface area (TPSA) is 118 Å². The summed E-state index contributed by atoms with van der Waals surface area (Å²) in [6, 6.07) is 7.10. The molecule has 0 unspecified atom stereocenters. The zero-order valence-corrected chi connectivity index (χ0v) is 16.3. The van der Waals surface area contributed by atoms with Gasteiger partial charge in [0.1, 0.15) is 4.91 Å². The van der Waals surface area contributed by atoms with Crippen LogP contribution in [0.2, 0.25) is 0 Å². The SMILES string of the molecule is CC(C)(C)N1C(=O)C=C(c2ccc(CCN)cc2)S1(=O)=O.O=C(O)C(F)(F)F. The number of carboxylic acid groups (broad SMARTS) is 1. The molecule has 1 amide bonds. The first-order valence-electron chi connectivity index (χ1n) is 8.03. The summed E-state index contributed by atoms with van der Waals surface area (Å²) in [7, 11) is -3.79. The van der Waals surface area contributed by atoms with Crippen molar-refractivity contribution in [2.75, 3.05) is 6.54 Å². The summed E-state index contributed by atoms with van der Waals surface area (Å²) in [4.78, 5) is 21.0. The fourth-order valence-corrected chi connectivity index (χ4v) is 4.28. The number of nitrogens with two attached hydrogens (primary N) is 1. The Hall–Kier alpha value is -2.40. The van der Waals surface area contributed by atoms with Crippen LogP contribution >= 0.6 is 0 Å². The van der Waals surface area contributed by atoms with Crippen molar-refractivity contribution in [2.24, 2.45) is 5.73 Å². The lowest BCUT2D eigenvalue weighted by molar-refractivity contribution is -0.192. The Morgan fingerprint density at radius 1 is 1.14 bits per heavy atom. The Morgan fingerprint density at radius 2 is 1.61 bits per heavy atom. The number of carbonyl (C=O) groups is 2. The lowest BCUT2D eigenvalue weighted by atomic mass is 10.1. The Bertz CT molecular complexity index is 870. The number of nitrogens with zero attached hydrogens (tertiary/aromatic N) is 1. The molecular formula is C17H21F3N2O5S. The molecule has 1 aliphatic rings. The maximum atomic E-state index is 12.6. The van der Waals surface area contributed by atoms with Crippen LogP contribution in [0.1, 0.15) is 31.9 Å². The van der Waals surface area contributed by atoms with Gasteiger partial charge >= 0.3 is 12.1 Å². The first kappa shape index (κ1) is 23.6. The summed E-state index contributed by atoms with van der Waals surface area (Å²) >= 11 is 0. The van der Waals surface area contributed by atoms with Crippen molar-refractivity contribution in [3.63, 3.8) is 0 Å². The molecule has 0 fully saturated rings. The number of rotatable bonds is 3. The summed E-state index contributed by atoms with van der Waals surface area (Å²) < 4.78 is 57.8. The van der Waals surface area contributed by atoms with Gasteiger partial charge in [-0.2, -0.15) is 13.2 Å². The van der Waals surface area contributed by atoms with Crippen LogP contribution in [0.3, 0.4) is 0 Å². The predicted octanol–water partition coefficient (Wildman–Crippen LogP) is 2.13. The molecule has 11 heteroatoms. The highest BCUT2D eigenvalue weighted by Gasteiger charge is 2.44. The van der Waals surface area contributed by atoms with Crippen molar-refractivity contribution in [2.45, 2.75) is 38.9 Å². The van der Waals surface area contributed by atoms with E-state index < -0.39 is 33.6 Å². The smallest absolute Gasteiger partial charge is 0.475 e. The standard InChI is InChI=1S/C15H20N2O3S.C2HF3O2/c1-15(2,3)17-14(18)10-13(21(17,19)20)12-6-4-11(5-7-12)8-9-16;3-2(4,5)1(6)7/h4-7,10H,8-9,16H2,1-3H3;(H,6,7). The molecule has 7 nitrogen and oxygen atoms in total. The molecule has 0 bridgehead atoms. The van der Waals surface area contributed by atoms with Crippen LogP contribution in [0, 0.1) is 0 Å². The second kappa shape index (κ2) is 8.31. The van der Waals surface area contributed by atoms with Crippen molar-refractivity contribution in [3.8, 4) is 0 Å². The molecule has 0 spiro atoms.